The topological polar surface area (TPSA) is 83.8 Å². The molecule has 1 aromatic rings. The van der Waals surface area contributed by atoms with Gasteiger partial charge in [0.1, 0.15) is 17.2 Å². The average Bonchev–Trinajstić information content (AvgIpc) is 2.37. The van der Waals surface area contributed by atoms with Crippen molar-refractivity contribution in [3.05, 3.63) is 16.7 Å². The van der Waals surface area contributed by atoms with Gasteiger partial charge in [-0.1, -0.05) is 13.8 Å². The van der Waals surface area contributed by atoms with Gasteiger partial charge in [-0.3, -0.25) is 9.59 Å². The Hall–Kier alpha value is -2.04. The average molecular weight is 266 g/mol. The van der Waals surface area contributed by atoms with E-state index >= 15 is 0 Å². The molecule has 0 aromatic heterocycles. The van der Waals surface area contributed by atoms with Crippen LogP contribution in [-0.4, -0.2) is 29.9 Å². The molecule has 0 bridgehead atoms. The molecule has 5 nitrogen and oxygen atoms in total. The fraction of sp³-hybridized carbons (Fsp3) is 0.429. The minimum absolute atomic E-state index is 0.110. The van der Waals surface area contributed by atoms with Gasteiger partial charge in [-0.25, -0.2) is 0 Å². The van der Waals surface area contributed by atoms with Crippen LogP contribution in [-0.2, 0) is 6.42 Å². The summed E-state index contributed by atoms with van der Waals surface area (Å²) in [5, 5.41) is 19.8. The third-order valence-corrected chi connectivity index (χ3v) is 2.98. The van der Waals surface area contributed by atoms with Crippen LogP contribution in [0.5, 0.6) is 17.2 Å². The van der Waals surface area contributed by atoms with Gasteiger partial charge < -0.3 is 14.9 Å². The second-order valence-corrected chi connectivity index (χ2v) is 4.70. The normalized spacial score (nSPS) is 10.5. The molecule has 0 unspecified atom stereocenters. The summed E-state index contributed by atoms with van der Waals surface area (Å²) in [6.07, 6.45) is 1.95. The molecule has 0 fully saturated rings. The van der Waals surface area contributed by atoms with Crippen molar-refractivity contribution in [3.63, 3.8) is 0 Å². The summed E-state index contributed by atoms with van der Waals surface area (Å²) in [6, 6.07) is 0. The highest BCUT2D eigenvalue weighted by molar-refractivity contribution is 5.94. The minimum Gasteiger partial charge on any atom is -0.507 e. The highest BCUT2D eigenvalue weighted by Gasteiger charge is 2.23. The maximum absolute atomic E-state index is 11.0. The van der Waals surface area contributed by atoms with Gasteiger partial charge in [0.15, 0.2) is 12.6 Å². The van der Waals surface area contributed by atoms with Crippen LogP contribution in [0.15, 0.2) is 0 Å². The van der Waals surface area contributed by atoms with Crippen LogP contribution in [0.4, 0.5) is 0 Å². The molecule has 19 heavy (non-hydrogen) atoms. The van der Waals surface area contributed by atoms with Crippen LogP contribution in [0.25, 0.3) is 0 Å². The van der Waals surface area contributed by atoms with Gasteiger partial charge in [-0.05, 0) is 18.8 Å². The molecule has 1 rings (SSSR count). The summed E-state index contributed by atoms with van der Waals surface area (Å²) < 4.78 is 5.09. The van der Waals surface area contributed by atoms with Crippen LogP contribution in [0.2, 0.25) is 0 Å². The van der Waals surface area contributed by atoms with Crippen molar-refractivity contribution < 1.29 is 24.5 Å². The number of carbonyl (C=O) groups is 2. The molecule has 1 aromatic carbocycles. The Morgan fingerprint density at radius 3 is 2.11 bits per heavy atom. The van der Waals surface area contributed by atoms with E-state index < -0.39 is 5.75 Å². The highest BCUT2D eigenvalue weighted by Crippen LogP contribution is 2.41. The molecule has 0 aliphatic rings. The first-order chi connectivity index (χ1) is 8.97. The quantitative estimate of drug-likeness (QED) is 0.772. The number of rotatable bonds is 6. The number of phenolic OH excluding ortho intramolecular Hbond substituents is 2. The van der Waals surface area contributed by atoms with Crippen LogP contribution >= 0.6 is 0 Å². The van der Waals surface area contributed by atoms with Gasteiger partial charge >= 0.3 is 0 Å². The molecule has 0 saturated heterocycles. The monoisotopic (exact) mass is 266 g/mol. The summed E-state index contributed by atoms with van der Waals surface area (Å²) in [7, 11) is 1.35. The van der Waals surface area contributed by atoms with E-state index in [1.54, 1.807) is 0 Å². The van der Waals surface area contributed by atoms with Gasteiger partial charge in [0, 0.05) is 5.56 Å². The number of methoxy groups -OCH3 is 1. The molecule has 104 valence electrons. The lowest BCUT2D eigenvalue weighted by molar-refractivity contribution is 0.111. The lowest BCUT2D eigenvalue weighted by atomic mass is 9.95. The summed E-state index contributed by atoms with van der Waals surface area (Å²) >= 11 is 0. The van der Waals surface area contributed by atoms with Crippen molar-refractivity contribution in [1.82, 2.24) is 0 Å². The maximum Gasteiger partial charge on any atom is 0.157 e. The first kappa shape index (κ1) is 15.0. The summed E-state index contributed by atoms with van der Waals surface area (Å²) in [6.45, 7) is 4.04. The van der Waals surface area contributed by atoms with Gasteiger partial charge in [-0.2, -0.15) is 0 Å². The molecule has 0 amide bonds. The minimum atomic E-state index is -0.548. The molecule has 0 radical (unpaired) electrons. The Bertz CT molecular complexity index is 491. The molecule has 0 saturated carbocycles. The van der Waals surface area contributed by atoms with Crippen LogP contribution in [0, 0.1) is 5.92 Å². The van der Waals surface area contributed by atoms with Crippen molar-refractivity contribution in [2.24, 2.45) is 5.92 Å². The summed E-state index contributed by atoms with van der Waals surface area (Å²) in [4.78, 5) is 22.0. The maximum atomic E-state index is 11.0. The van der Waals surface area contributed by atoms with E-state index in [-0.39, 0.29) is 22.6 Å². The highest BCUT2D eigenvalue weighted by atomic mass is 16.5. The Kier molecular flexibility index (Phi) is 4.92. The fourth-order valence-corrected chi connectivity index (χ4v) is 1.92. The summed E-state index contributed by atoms with van der Waals surface area (Å²) in [5.74, 6) is -0.364. The van der Waals surface area contributed by atoms with Crippen LogP contribution < -0.4 is 4.74 Å². The number of aromatic hydroxyl groups is 2. The lowest BCUT2D eigenvalue weighted by Crippen LogP contribution is -2.03. The zero-order valence-corrected chi connectivity index (χ0v) is 11.3. The van der Waals surface area contributed by atoms with Crippen molar-refractivity contribution in [2.45, 2.75) is 26.7 Å². The third-order valence-electron chi connectivity index (χ3n) is 2.98. The van der Waals surface area contributed by atoms with Crippen molar-refractivity contribution in [1.29, 1.82) is 0 Å². The molecular formula is C14H18O5. The van der Waals surface area contributed by atoms with Crippen molar-refractivity contribution >= 4 is 12.6 Å². The van der Waals surface area contributed by atoms with Gasteiger partial charge in [0.25, 0.3) is 0 Å². The Balaban J connectivity index is 3.49. The molecule has 0 atom stereocenters. The Labute approximate surface area is 111 Å². The molecule has 2 N–H and O–H groups in total. The first-order valence-electron chi connectivity index (χ1n) is 6.02. The largest absolute Gasteiger partial charge is 0.507 e. The van der Waals surface area contributed by atoms with Gasteiger partial charge in [-0.15, -0.1) is 0 Å². The van der Waals surface area contributed by atoms with E-state index in [1.165, 1.54) is 7.11 Å². The van der Waals surface area contributed by atoms with Crippen LogP contribution in [0.3, 0.4) is 0 Å². The zero-order chi connectivity index (χ0) is 14.6. The lowest BCUT2D eigenvalue weighted by Gasteiger charge is -2.16. The van der Waals surface area contributed by atoms with Gasteiger partial charge in [0.2, 0.25) is 0 Å². The summed E-state index contributed by atoms with van der Waals surface area (Å²) in [5.41, 5.74) is -0.0130. The molecule has 0 heterocycles. The fourth-order valence-electron chi connectivity index (χ4n) is 1.92. The zero-order valence-electron chi connectivity index (χ0n) is 11.3. The Morgan fingerprint density at radius 2 is 1.68 bits per heavy atom. The number of hydrogen-bond acceptors (Lipinski definition) is 5. The predicted molar refractivity (Wildman–Crippen MR) is 70.3 cm³/mol. The number of ether oxygens (including phenoxy) is 1. The van der Waals surface area contributed by atoms with E-state index in [0.29, 0.717) is 30.5 Å². The molecule has 0 aliphatic heterocycles. The number of benzene rings is 1. The number of phenols is 2. The van der Waals surface area contributed by atoms with Crippen LogP contribution in [0.1, 0.15) is 46.5 Å². The molecule has 0 aliphatic carbocycles. The smallest absolute Gasteiger partial charge is 0.157 e. The van der Waals surface area contributed by atoms with E-state index in [0.717, 1.165) is 6.42 Å². The van der Waals surface area contributed by atoms with E-state index in [1.807, 2.05) is 13.8 Å². The number of hydrogen-bond donors (Lipinski definition) is 2. The van der Waals surface area contributed by atoms with E-state index in [9.17, 15) is 19.8 Å². The first-order valence-corrected chi connectivity index (χ1v) is 6.02. The van der Waals surface area contributed by atoms with Crippen molar-refractivity contribution in [2.75, 3.05) is 7.11 Å². The van der Waals surface area contributed by atoms with Crippen molar-refractivity contribution in [3.8, 4) is 17.2 Å². The van der Waals surface area contributed by atoms with E-state index in [4.69, 9.17) is 4.74 Å². The predicted octanol–water partition coefficient (Wildman–Crippen LogP) is 2.32. The third kappa shape index (κ3) is 2.86. The molecular weight excluding hydrogens is 248 g/mol. The number of aldehydes is 2. The second-order valence-electron chi connectivity index (χ2n) is 4.70. The SMILES string of the molecule is COc1c(C=O)c(O)c(C=O)c(O)c1CCC(C)C. The van der Waals surface area contributed by atoms with E-state index in [2.05, 4.69) is 0 Å². The second kappa shape index (κ2) is 6.22. The van der Waals surface area contributed by atoms with Gasteiger partial charge in [0.05, 0.1) is 18.2 Å². The standard InChI is InChI=1S/C14H18O5/c1-8(2)4-5-9-12(17)10(6-15)13(18)11(7-16)14(9)19-3/h6-8,17-18H,4-5H2,1-3H3. The Morgan fingerprint density at radius 1 is 1.11 bits per heavy atom. The number of carbonyl (C=O) groups excluding carboxylic acids is 2. The molecule has 5 heteroatoms. The molecule has 0 spiro atoms.